The van der Waals surface area contributed by atoms with Gasteiger partial charge in [0.1, 0.15) is 11.6 Å². The van der Waals surface area contributed by atoms with Gasteiger partial charge in [-0.3, -0.25) is 0 Å². The van der Waals surface area contributed by atoms with E-state index < -0.39 is 0 Å². The van der Waals surface area contributed by atoms with Crippen molar-refractivity contribution >= 4 is 5.52 Å². The molecular weight excluding hydrogens is 224 g/mol. The SMILES string of the molecule is Cc1cccc2cnc(Cc3cccc(O)c3)n12. The molecular formula is C15H14N2O. The van der Waals surface area contributed by atoms with Crippen LogP contribution < -0.4 is 0 Å². The first-order chi connectivity index (χ1) is 8.74. The molecule has 0 fully saturated rings. The van der Waals surface area contributed by atoms with Gasteiger partial charge in [0.05, 0.1) is 11.7 Å². The van der Waals surface area contributed by atoms with Gasteiger partial charge >= 0.3 is 0 Å². The Morgan fingerprint density at radius 3 is 2.83 bits per heavy atom. The van der Waals surface area contributed by atoms with Gasteiger partial charge in [-0.15, -0.1) is 0 Å². The van der Waals surface area contributed by atoms with E-state index in [9.17, 15) is 5.11 Å². The first kappa shape index (κ1) is 10.8. The molecule has 90 valence electrons. The van der Waals surface area contributed by atoms with Gasteiger partial charge in [0.2, 0.25) is 0 Å². The quantitative estimate of drug-likeness (QED) is 0.745. The van der Waals surface area contributed by atoms with Crippen LogP contribution in [-0.2, 0) is 6.42 Å². The molecule has 0 radical (unpaired) electrons. The van der Waals surface area contributed by atoms with Crippen LogP contribution in [0.4, 0.5) is 0 Å². The highest BCUT2D eigenvalue weighted by molar-refractivity contribution is 5.48. The molecule has 0 aliphatic rings. The van der Waals surface area contributed by atoms with Gasteiger partial charge in [0.15, 0.2) is 0 Å². The first-order valence-electron chi connectivity index (χ1n) is 5.94. The molecule has 3 aromatic rings. The number of phenols is 1. The second kappa shape index (κ2) is 4.18. The standard InChI is InChI=1S/C15H14N2O/c1-11-4-2-6-13-10-16-15(17(11)13)9-12-5-3-7-14(18)8-12/h2-8,10,18H,9H2,1H3. The number of phenolic OH excluding ortho intramolecular Hbond substituents is 1. The molecule has 3 nitrogen and oxygen atoms in total. The second-order valence-corrected chi connectivity index (χ2v) is 4.45. The van der Waals surface area contributed by atoms with Crippen LogP contribution in [0.2, 0.25) is 0 Å². The summed E-state index contributed by atoms with van der Waals surface area (Å²) < 4.78 is 2.14. The molecule has 0 saturated carbocycles. The van der Waals surface area contributed by atoms with E-state index in [1.54, 1.807) is 12.1 Å². The summed E-state index contributed by atoms with van der Waals surface area (Å²) in [6, 6.07) is 13.5. The predicted octanol–water partition coefficient (Wildman–Crippen LogP) is 2.94. The fourth-order valence-corrected chi connectivity index (χ4v) is 2.26. The van der Waals surface area contributed by atoms with Crippen LogP contribution >= 0.6 is 0 Å². The number of imidazole rings is 1. The minimum absolute atomic E-state index is 0.296. The van der Waals surface area contributed by atoms with Gasteiger partial charge < -0.3 is 9.51 Å². The number of pyridine rings is 1. The molecule has 0 atom stereocenters. The van der Waals surface area contributed by atoms with E-state index >= 15 is 0 Å². The molecule has 0 bridgehead atoms. The van der Waals surface area contributed by atoms with Crippen molar-refractivity contribution in [1.82, 2.24) is 9.38 Å². The van der Waals surface area contributed by atoms with Crippen molar-refractivity contribution in [3.05, 3.63) is 65.7 Å². The Labute approximate surface area is 105 Å². The number of aromatic hydroxyl groups is 1. The summed E-state index contributed by atoms with van der Waals surface area (Å²) >= 11 is 0. The van der Waals surface area contributed by atoms with Crippen molar-refractivity contribution in [2.45, 2.75) is 13.3 Å². The van der Waals surface area contributed by atoms with Gasteiger partial charge in [-0.1, -0.05) is 18.2 Å². The highest BCUT2D eigenvalue weighted by atomic mass is 16.3. The minimum Gasteiger partial charge on any atom is -0.508 e. The number of benzene rings is 1. The zero-order chi connectivity index (χ0) is 12.5. The van der Waals surface area contributed by atoms with Gasteiger partial charge in [-0.25, -0.2) is 4.98 Å². The summed E-state index contributed by atoms with van der Waals surface area (Å²) in [4.78, 5) is 4.46. The fraction of sp³-hybridized carbons (Fsp3) is 0.133. The highest BCUT2D eigenvalue weighted by Crippen LogP contribution is 2.17. The smallest absolute Gasteiger partial charge is 0.117 e. The molecule has 2 aromatic heterocycles. The lowest BCUT2D eigenvalue weighted by Crippen LogP contribution is -1.99. The Hall–Kier alpha value is -2.29. The van der Waals surface area contributed by atoms with Crippen LogP contribution in [0.15, 0.2) is 48.7 Å². The van der Waals surface area contributed by atoms with E-state index in [2.05, 4.69) is 22.4 Å². The third-order valence-corrected chi connectivity index (χ3v) is 3.09. The van der Waals surface area contributed by atoms with Crippen molar-refractivity contribution in [3.8, 4) is 5.75 Å². The van der Waals surface area contributed by atoms with Crippen LogP contribution in [0.25, 0.3) is 5.52 Å². The zero-order valence-corrected chi connectivity index (χ0v) is 10.2. The average Bonchev–Trinajstić information content (AvgIpc) is 2.74. The number of hydrogen-bond donors (Lipinski definition) is 1. The maximum Gasteiger partial charge on any atom is 0.117 e. The van der Waals surface area contributed by atoms with Crippen molar-refractivity contribution < 1.29 is 5.11 Å². The minimum atomic E-state index is 0.296. The normalized spacial score (nSPS) is 10.9. The number of aryl methyl sites for hydroxylation is 1. The summed E-state index contributed by atoms with van der Waals surface area (Å²) in [7, 11) is 0. The van der Waals surface area contributed by atoms with Gasteiger partial charge in [-0.05, 0) is 36.8 Å². The molecule has 1 aromatic carbocycles. The topological polar surface area (TPSA) is 37.5 Å². The lowest BCUT2D eigenvalue weighted by Gasteiger charge is -2.05. The summed E-state index contributed by atoms with van der Waals surface area (Å²) in [6.07, 6.45) is 2.60. The maximum atomic E-state index is 9.48. The van der Waals surface area contributed by atoms with E-state index in [1.807, 2.05) is 30.5 Å². The summed E-state index contributed by atoms with van der Waals surface area (Å²) in [5.41, 5.74) is 3.33. The molecule has 0 amide bonds. The molecule has 0 unspecified atom stereocenters. The van der Waals surface area contributed by atoms with Crippen molar-refractivity contribution in [1.29, 1.82) is 0 Å². The van der Waals surface area contributed by atoms with Crippen molar-refractivity contribution in [2.24, 2.45) is 0 Å². The Morgan fingerprint density at radius 1 is 1.17 bits per heavy atom. The summed E-state index contributed by atoms with van der Waals surface area (Å²) in [6.45, 7) is 2.07. The van der Waals surface area contributed by atoms with Crippen molar-refractivity contribution in [3.63, 3.8) is 0 Å². The average molecular weight is 238 g/mol. The molecule has 18 heavy (non-hydrogen) atoms. The van der Waals surface area contributed by atoms with E-state index in [0.29, 0.717) is 12.2 Å². The van der Waals surface area contributed by atoms with Crippen LogP contribution in [-0.4, -0.2) is 14.5 Å². The van der Waals surface area contributed by atoms with Crippen LogP contribution in [0.3, 0.4) is 0 Å². The number of hydrogen-bond acceptors (Lipinski definition) is 2. The zero-order valence-electron chi connectivity index (χ0n) is 10.2. The number of nitrogens with zero attached hydrogens (tertiary/aromatic N) is 2. The molecule has 1 N–H and O–H groups in total. The van der Waals surface area contributed by atoms with Crippen LogP contribution in [0.1, 0.15) is 17.1 Å². The second-order valence-electron chi connectivity index (χ2n) is 4.45. The predicted molar refractivity (Wildman–Crippen MR) is 70.8 cm³/mol. The third kappa shape index (κ3) is 1.84. The molecule has 0 saturated heterocycles. The lowest BCUT2D eigenvalue weighted by molar-refractivity contribution is 0.474. The lowest BCUT2D eigenvalue weighted by atomic mass is 10.1. The molecule has 0 aliphatic carbocycles. The molecule has 0 aliphatic heterocycles. The van der Waals surface area contributed by atoms with Gasteiger partial charge in [0, 0.05) is 12.1 Å². The number of rotatable bonds is 2. The Bertz CT molecular complexity index is 701. The molecule has 3 heteroatoms. The molecule has 0 spiro atoms. The Balaban J connectivity index is 2.05. The van der Waals surface area contributed by atoms with Gasteiger partial charge in [0.25, 0.3) is 0 Å². The number of fused-ring (bicyclic) bond motifs is 1. The van der Waals surface area contributed by atoms with Crippen molar-refractivity contribution in [2.75, 3.05) is 0 Å². The Morgan fingerprint density at radius 2 is 2.00 bits per heavy atom. The van der Waals surface area contributed by atoms with E-state index in [0.717, 1.165) is 16.9 Å². The fourth-order valence-electron chi connectivity index (χ4n) is 2.26. The van der Waals surface area contributed by atoms with E-state index in [1.165, 1.54) is 5.69 Å². The molecule has 2 heterocycles. The first-order valence-corrected chi connectivity index (χ1v) is 5.94. The largest absolute Gasteiger partial charge is 0.508 e. The third-order valence-electron chi connectivity index (χ3n) is 3.09. The monoisotopic (exact) mass is 238 g/mol. The maximum absolute atomic E-state index is 9.48. The molecule has 3 rings (SSSR count). The highest BCUT2D eigenvalue weighted by Gasteiger charge is 2.06. The summed E-state index contributed by atoms with van der Waals surface area (Å²) in [5.74, 6) is 1.29. The number of aromatic nitrogens is 2. The van der Waals surface area contributed by atoms with E-state index in [-0.39, 0.29) is 0 Å². The Kier molecular flexibility index (Phi) is 2.52. The van der Waals surface area contributed by atoms with Gasteiger partial charge in [-0.2, -0.15) is 0 Å². The summed E-state index contributed by atoms with van der Waals surface area (Å²) in [5, 5.41) is 9.48. The van der Waals surface area contributed by atoms with Crippen LogP contribution in [0, 0.1) is 6.92 Å². The van der Waals surface area contributed by atoms with E-state index in [4.69, 9.17) is 0 Å². The van der Waals surface area contributed by atoms with Crippen LogP contribution in [0.5, 0.6) is 5.75 Å².